The molecule has 1 aliphatic rings. The molecular formula is C15H15N5O2. The van der Waals surface area contributed by atoms with Crippen LogP contribution in [0.5, 0.6) is 0 Å². The van der Waals surface area contributed by atoms with Crippen LogP contribution in [0.15, 0.2) is 42.9 Å². The molecule has 3 N–H and O–H groups in total. The van der Waals surface area contributed by atoms with Gasteiger partial charge in [-0.15, -0.1) is 0 Å². The predicted molar refractivity (Wildman–Crippen MR) is 81.6 cm³/mol. The molecule has 1 aliphatic carbocycles. The van der Waals surface area contributed by atoms with Gasteiger partial charge in [0.05, 0.1) is 6.20 Å². The Morgan fingerprint density at radius 3 is 2.27 bits per heavy atom. The average Bonchev–Trinajstić information content (AvgIpc) is 3.34. The zero-order chi connectivity index (χ0) is 15.4. The van der Waals surface area contributed by atoms with E-state index in [1.807, 2.05) is 0 Å². The number of amides is 3. The van der Waals surface area contributed by atoms with Crippen molar-refractivity contribution >= 4 is 23.3 Å². The van der Waals surface area contributed by atoms with Crippen molar-refractivity contribution in [1.29, 1.82) is 0 Å². The molecule has 0 unspecified atom stereocenters. The summed E-state index contributed by atoms with van der Waals surface area (Å²) >= 11 is 0. The molecule has 1 aromatic carbocycles. The van der Waals surface area contributed by atoms with Crippen molar-refractivity contribution in [3.8, 4) is 0 Å². The first-order valence-corrected chi connectivity index (χ1v) is 6.95. The molecule has 1 heterocycles. The van der Waals surface area contributed by atoms with Gasteiger partial charge in [-0.2, -0.15) is 0 Å². The fraction of sp³-hybridized carbons (Fsp3) is 0.200. The first-order valence-electron chi connectivity index (χ1n) is 6.95. The lowest BCUT2D eigenvalue weighted by Crippen LogP contribution is -2.30. The third kappa shape index (κ3) is 3.78. The van der Waals surface area contributed by atoms with E-state index < -0.39 is 0 Å². The summed E-state index contributed by atoms with van der Waals surface area (Å²) in [6, 6.07) is 6.96. The molecule has 0 atom stereocenters. The molecule has 0 spiro atoms. The summed E-state index contributed by atoms with van der Waals surface area (Å²) in [7, 11) is 0. The molecular weight excluding hydrogens is 282 g/mol. The van der Waals surface area contributed by atoms with Crippen LogP contribution in [0.3, 0.4) is 0 Å². The SMILES string of the molecule is O=C(Nc1ccc(NC(=O)c2cnccn2)cc1)NC1CC1. The molecule has 7 heteroatoms. The number of anilines is 2. The van der Waals surface area contributed by atoms with E-state index in [4.69, 9.17) is 0 Å². The second-order valence-electron chi connectivity index (χ2n) is 4.99. The molecule has 0 bridgehead atoms. The highest BCUT2D eigenvalue weighted by molar-refractivity contribution is 6.02. The van der Waals surface area contributed by atoms with E-state index in [0.717, 1.165) is 12.8 Å². The number of nitrogens with zero attached hydrogens (tertiary/aromatic N) is 2. The third-order valence-corrected chi connectivity index (χ3v) is 3.11. The number of carbonyl (C=O) groups excluding carboxylic acids is 2. The number of nitrogens with one attached hydrogen (secondary N) is 3. The largest absolute Gasteiger partial charge is 0.335 e. The van der Waals surface area contributed by atoms with Gasteiger partial charge in [-0.3, -0.25) is 9.78 Å². The van der Waals surface area contributed by atoms with Gasteiger partial charge in [0.25, 0.3) is 5.91 Å². The van der Waals surface area contributed by atoms with Gasteiger partial charge in [0.1, 0.15) is 5.69 Å². The van der Waals surface area contributed by atoms with E-state index in [1.165, 1.54) is 18.6 Å². The number of hydrogen-bond donors (Lipinski definition) is 3. The first-order chi connectivity index (χ1) is 10.7. The van der Waals surface area contributed by atoms with Gasteiger partial charge in [-0.1, -0.05) is 0 Å². The molecule has 0 radical (unpaired) electrons. The highest BCUT2D eigenvalue weighted by Crippen LogP contribution is 2.19. The Balaban J connectivity index is 1.56. The molecule has 3 amide bonds. The molecule has 1 fully saturated rings. The zero-order valence-electron chi connectivity index (χ0n) is 11.7. The van der Waals surface area contributed by atoms with Crippen LogP contribution < -0.4 is 16.0 Å². The van der Waals surface area contributed by atoms with E-state index in [1.54, 1.807) is 24.3 Å². The Bertz CT molecular complexity index is 668. The lowest BCUT2D eigenvalue weighted by Gasteiger charge is -2.08. The number of aromatic nitrogens is 2. The Morgan fingerprint density at radius 2 is 1.68 bits per heavy atom. The second-order valence-corrected chi connectivity index (χ2v) is 4.99. The fourth-order valence-electron chi connectivity index (χ4n) is 1.83. The van der Waals surface area contributed by atoms with Crippen LogP contribution in [0.4, 0.5) is 16.2 Å². The van der Waals surface area contributed by atoms with E-state index in [0.29, 0.717) is 17.4 Å². The van der Waals surface area contributed by atoms with Crippen LogP contribution in [-0.4, -0.2) is 27.9 Å². The Kier molecular flexibility index (Phi) is 3.95. The van der Waals surface area contributed by atoms with Crippen molar-refractivity contribution < 1.29 is 9.59 Å². The van der Waals surface area contributed by atoms with Crippen molar-refractivity contribution in [2.45, 2.75) is 18.9 Å². The second kappa shape index (κ2) is 6.21. The van der Waals surface area contributed by atoms with Crippen LogP contribution in [0, 0.1) is 0 Å². The third-order valence-electron chi connectivity index (χ3n) is 3.11. The van der Waals surface area contributed by atoms with Gasteiger partial charge in [0.15, 0.2) is 0 Å². The van der Waals surface area contributed by atoms with Crippen LogP contribution in [0.2, 0.25) is 0 Å². The molecule has 7 nitrogen and oxygen atoms in total. The predicted octanol–water partition coefficient (Wildman–Crippen LogP) is 2.01. The normalized spacial score (nSPS) is 13.3. The molecule has 1 saturated carbocycles. The fourth-order valence-corrected chi connectivity index (χ4v) is 1.83. The molecule has 1 aromatic heterocycles. The highest BCUT2D eigenvalue weighted by Gasteiger charge is 2.23. The Morgan fingerprint density at radius 1 is 1.00 bits per heavy atom. The van der Waals surface area contributed by atoms with Crippen LogP contribution in [0.25, 0.3) is 0 Å². The van der Waals surface area contributed by atoms with Crippen LogP contribution in [0.1, 0.15) is 23.3 Å². The summed E-state index contributed by atoms with van der Waals surface area (Å²) in [6.45, 7) is 0. The Hall–Kier alpha value is -2.96. The summed E-state index contributed by atoms with van der Waals surface area (Å²) in [5.74, 6) is -0.333. The average molecular weight is 297 g/mol. The van der Waals surface area contributed by atoms with Crippen LogP contribution in [-0.2, 0) is 0 Å². The number of benzene rings is 1. The maximum Gasteiger partial charge on any atom is 0.319 e. The molecule has 112 valence electrons. The standard InChI is InChI=1S/C15H15N5O2/c21-14(13-9-16-7-8-17-13)18-10-1-3-11(4-2-10)19-15(22)20-12-5-6-12/h1-4,7-9,12H,5-6H2,(H,18,21)(H2,19,20,22). The number of hydrogen-bond acceptors (Lipinski definition) is 4. The molecule has 3 rings (SSSR count). The van der Waals surface area contributed by atoms with E-state index in [2.05, 4.69) is 25.9 Å². The topological polar surface area (TPSA) is 96.0 Å². The van der Waals surface area contributed by atoms with E-state index in [-0.39, 0.29) is 17.6 Å². The first kappa shape index (κ1) is 14.0. The maximum atomic E-state index is 11.9. The van der Waals surface area contributed by atoms with Gasteiger partial charge in [-0.05, 0) is 37.1 Å². The van der Waals surface area contributed by atoms with Crippen molar-refractivity contribution in [3.05, 3.63) is 48.5 Å². The van der Waals surface area contributed by atoms with Gasteiger partial charge in [0.2, 0.25) is 0 Å². The quantitative estimate of drug-likeness (QED) is 0.804. The number of carbonyl (C=O) groups is 2. The molecule has 22 heavy (non-hydrogen) atoms. The van der Waals surface area contributed by atoms with Crippen molar-refractivity contribution in [2.24, 2.45) is 0 Å². The minimum Gasteiger partial charge on any atom is -0.335 e. The minimum absolute atomic E-state index is 0.209. The maximum absolute atomic E-state index is 11.9. The van der Waals surface area contributed by atoms with Gasteiger partial charge in [-0.25, -0.2) is 9.78 Å². The number of urea groups is 1. The minimum atomic E-state index is -0.333. The van der Waals surface area contributed by atoms with Crippen molar-refractivity contribution in [2.75, 3.05) is 10.6 Å². The summed E-state index contributed by atoms with van der Waals surface area (Å²) in [5, 5.41) is 8.29. The Labute approximate surface area is 127 Å². The summed E-state index contributed by atoms with van der Waals surface area (Å²) in [5.41, 5.74) is 1.52. The molecule has 0 saturated heterocycles. The summed E-state index contributed by atoms with van der Waals surface area (Å²) < 4.78 is 0. The monoisotopic (exact) mass is 297 g/mol. The molecule has 2 aromatic rings. The lowest BCUT2D eigenvalue weighted by molar-refractivity contribution is 0.102. The molecule has 0 aliphatic heterocycles. The van der Waals surface area contributed by atoms with Crippen molar-refractivity contribution in [1.82, 2.24) is 15.3 Å². The number of rotatable bonds is 4. The van der Waals surface area contributed by atoms with E-state index >= 15 is 0 Å². The van der Waals surface area contributed by atoms with Crippen molar-refractivity contribution in [3.63, 3.8) is 0 Å². The zero-order valence-corrected chi connectivity index (χ0v) is 11.7. The van der Waals surface area contributed by atoms with E-state index in [9.17, 15) is 9.59 Å². The van der Waals surface area contributed by atoms with Crippen LogP contribution >= 0.6 is 0 Å². The van der Waals surface area contributed by atoms with Gasteiger partial charge in [0, 0.05) is 29.8 Å². The summed E-state index contributed by atoms with van der Waals surface area (Å²) in [4.78, 5) is 31.3. The lowest BCUT2D eigenvalue weighted by atomic mass is 10.2. The van der Waals surface area contributed by atoms with Gasteiger partial charge >= 0.3 is 6.03 Å². The van der Waals surface area contributed by atoms with Gasteiger partial charge < -0.3 is 16.0 Å². The highest BCUT2D eigenvalue weighted by atomic mass is 16.2. The summed E-state index contributed by atoms with van der Waals surface area (Å²) in [6.07, 6.45) is 6.44. The smallest absolute Gasteiger partial charge is 0.319 e.